The minimum atomic E-state index is -0.129. The number of carbonyl (C=O) groups is 2. The van der Waals surface area contributed by atoms with Crippen LogP contribution in [0.4, 0.5) is 5.69 Å². The first kappa shape index (κ1) is 17.0. The summed E-state index contributed by atoms with van der Waals surface area (Å²) in [5.41, 5.74) is 0.875. The molecule has 0 bridgehead atoms. The van der Waals surface area contributed by atoms with Crippen molar-refractivity contribution in [2.75, 3.05) is 18.1 Å². The number of nitrogens with zero attached hydrogens (tertiary/aromatic N) is 1. The third-order valence-electron chi connectivity index (χ3n) is 4.12. The van der Waals surface area contributed by atoms with Crippen molar-refractivity contribution in [3.63, 3.8) is 0 Å². The molecule has 1 N–H and O–H groups in total. The van der Waals surface area contributed by atoms with Gasteiger partial charge in [0.15, 0.2) is 0 Å². The van der Waals surface area contributed by atoms with E-state index in [9.17, 15) is 9.59 Å². The van der Waals surface area contributed by atoms with Crippen LogP contribution in [0.5, 0.6) is 5.75 Å². The predicted octanol–water partition coefficient (Wildman–Crippen LogP) is 2.77. The van der Waals surface area contributed by atoms with Gasteiger partial charge in [-0.25, -0.2) is 0 Å². The molecule has 5 heteroatoms. The molecule has 0 spiro atoms. The van der Waals surface area contributed by atoms with Gasteiger partial charge >= 0.3 is 0 Å². The zero-order valence-electron chi connectivity index (χ0n) is 14.1. The van der Waals surface area contributed by atoms with E-state index in [0.29, 0.717) is 32.4 Å². The summed E-state index contributed by atoms with van der Waals surface area (Å²) in [5.74, 6) is 0.816. The largest absolute Gasteiger partial charge is 0.494 e. The lowest BCUT2D eigenvalue weighted by Gasteiger charge is -2.17. The number of hydrogen-bond acceptors (Lipinski definition) is 3. The van der Waals surface area contributed by atoms with Gasteiger partial charge in [-0.2, -0.15) is 0 Å². The van der Waals surface area contributed by atoms with Gasteiger partial charge < -0.3 is 15.0 Å². The van der Waals surface area contributed by atoms with Crippen LogP contribution in [0.1, 0.15) is 19.3 Å². The second kappa shape index (κ2) is 8.33. The SMILES string of the molecule is O=C(CCCOc1ccccc1)NC1CC(=O)N(c2ccccc2)C1. The molecule has 0 aliphatic carbocycles. The Balaban J connectivity index is 1.39. The van der Waals surface area contributed by atoms with Crippen LogP contribution in [0.15, 0.2) is 60.7 Å². The van der Waals surface area contributed by atoms with Crippen molar-refractivity contribution in [3.8, 4) is 5.75 Å². The monoisotopic (exact) mass is 338 g/mol. The van der Waals surface area contributed by atoms with Gasteiger partial charge in [0.2, 0.25) is 11.8 Å². The second-order valence-electron chi connectivity index (χ2n) is 6.07. The number of anilines is 1. The molecule has 2 aromatic carbocycles. The lowest BCUT2D eigenvalue weighted by atomic mass is 10.2. The first-order valence-electron chi connectivity index (χ1n) is 8.55. The normalized spacial score (nSPS) is 16.7. The highest BCUT2D eigenvalue weighted by Crippen LogP contribution is 2.21. The van der Waals surface area contributed by atoms with Crippen molar-refractivity contribution >= 4 is 17.5 Å². The second-order valence-corrected chi connectivity index (χ2v) is 6.07. The summed E-state index contributed by atoms with van der Waals surface area (Å²) in [7, 11) is 0. The molecular formula is C20H22N2O3. The van der Waals surface area contributed by atoms with Gasteiger partial charge in [0.25, 0.3) is 0 Å². The number of amides is 2. The molecule has 1 atom stereocenters. The summed E-state index contributed by atoms with van der Waals surface area (Å²) in [6, 6.07) is 19.0. The Morgan fingerprint density at radius 3 is 2.48 bits per heavy atom. The van der Waals surface area contributed by atoms with Gasteiger partial charge in [-0.1, -0.05) is 36.4 Å². The van der Waals surface area contributed by atoms with Crippen LogP contribution in [-0.2, 0) is 9.59 Å². The lowest BCUT2D eigenvalue weighted by molar-refractivity contribution is -0.122. The number of ether oxygens (including phenoxy) is 1. The zero-order valence-corrected chi connectivity index (χ0v) is 14.1. The lowest BCUT2D eigenvalue weighted by Crippen LogP contribution is -2.37. The van der Waals surface area contributed by atoms with Gasteiger partial charge in [-0.3, -0.25) is 9.59 Å². The molecule has 3 rings (SSSR count). The summed E-state index contributed by atoms with van der Waals surface area (Å²) < 4.78 is 5.58. The van der Waals surface area contributed by atoms with Crippen LogP contribution in [0.25, 0.3) is 0 Å². The van der Waals surface area contributed by atoms with Crippen molar-refractivity contribution in [3.05, 3.63) is 60.7 Å². The molecule has 1 saturated heterocycles. The molecule has 1 unspecified atom stereocenters. The van der Waals surface area contributed by atoms with E-state index in [1.807, 2.05) is 60.7 Å². The Hall–Kier alpha value is -2.82. The highest BCUT2D eigenvalue weighted by Gasteiger charge is 2.31. The Morgan fingerprint density at radius 1 is 1.08 bits per heavy atom. The predicted molar refractivity (Wildman–Crippen MR) is 96.5 cm³/mol. The third-order valence-corrected chi connectivity index (χ3v) is 4.12. The molecule has 2 amide bonds. The van der Waals surface area contributed by atoms with Crippen molar-refractivity contribution in [2.45, 2.75) is 25.3 Å². The van der Waals surface area contributed by atoms with Crippen LogP contribution in [0.2, 0.25) is 0 Å². The number of nitrogens with one attached hydrogen (secondary N) is 1. The summed E-state index contributed by atoms with van der Waals surface area (Å²) in [6.07, 6.45) is 1.38. The van der Waals surface area contributed by atoms with Crippen LogP contribution < -0.4 is 15.0 Å². The fourth-order valence-electron chi connectivity index (χ4n) is 2.90. The van der Waals surface area contributed by atoms with Crippen molar-refractivity contribution in [1.29, 1.82) is 0 Å². The summed E-state index contributed by atoms with van der Waals surface area (Å²) in [4.78, 5) is 25.9. The molecular weight excluding hydrogens is 316 g/mol. The maximum Gasteiger partial charge on any atom is 0.229 e. The minimum Gasteiger partial charge on any atom is -0.494 e. The average molecular weight is 338 g/mol. The fourth-order valence-corrected chi connectivity index (χ4v) is 2.90. The van der Waals surface area contributed by atoms with E-state index in [1.165, 1.54) is 0 Å². The van der Waals surface area contributed by atoms with Crippen LogP contribution in [0, 0.1) is 0 Å². The van der Waals surface area contributed by atoms with Gasteiger partial charge in [0, 0.05) is 25.1 Å². The van der Waals surface area contributed by atoms with Crippen molar-refractivity contribution in [2.24, 2.45) is 0 Å². The molecule has 1 heterocycles. The van der Waals surface area contributed by atoms with Crippen LogP contribution >= 0.6 is 0 Å². The van der Waals surface area contributed by atoms with Gasteiger partial charge in [0.05, 0.1) is 12.6 Å². The van der Waals surface area contributed by atoms with E-state index < -0.39 is 0 Å². The van der Waals surface area contributed by atoms with E-state index in [4.69, 9.17) is 4.74 Å². The number of rotatable bonds is 7. The number of carbonyl (C=O) groups excluding carboxylic acids is 2. The Morgan fingerprint density at radius 2 is 1.76 bits per heavy atom. The fraction of sp³-hybridized carbons (Fsp3) is 0.300. The number of para-hydroxylation sites is 2. The Kier molecular flexibility index (Phi) is 5.67. The van der Waals surface area contributed by atoms with Crippen molar-refractivity contribution < 1.29 is 14.3 Å². The first-order valence-corrected chi connectivity index (χ1v) is 8.55. The van der Waals surface area contributed by atoms with E-state index in [2.05, 4.69) is 5.32 Å². The van der Waals surface area contributed by atoms with E-state index in [0.717, 1.165) is 11.4 Å². The highest BCUT2D eigenvalue weighted by atomic mass is 16.5. The molecule has 1 aliphatic heterocycles. The molecule has 1 fully saturated rings. The summed E-state index contributed by atoms with van der Waals surface area (Å²) in [6.45, 7) is 1.02. The average Bonchev–Trinajstić information content (AvgIpc) is 3.00. The van der Waals surface area contributed by atoms with E-state index in [1.54, 1.807) is 4.90 Å². The minimum absolute atomic E-state index is 0.0376. The van der Waals surface area contributed by atoms with Crippen LogP contribution in [-0.4, -0.2) is 31.0 Å². The third kappa shape index (κ3) is 4.83. The Labute approximate surface area is 147 Å². The Bertz CT molecular complexity index is 703. The number of hydrogen-bond donors (Lipinski definition) is 1. The zero-order chi connectivity index (χ0) is 17.5. The molecule has 1 aliphatic rings. The van der Waals surface area contributed by atoms with Gasteiger partial charge in [0.1, 0.15) is 5.75 Å². The smallest absolute Gasteiger partial charge is 0.229 e. The molecule has 2 aromatic rings. The molecule has 0 saturated carbocycles. The summed E-state index contributed by atoms with van der Waals surface area (Å²) >= 11 is 0. The highest BCUT2D eigenvalue weighted by molar-refractivity contribution is 5.96. The standard InChI is InChI=1S/C20H22N2O3/c23-19(12-7-13-25-18-10-5-2-6-11-18)21-16-14-20(24)22(15-16)17-8-3-1-4-9-17/h1-6,8-11,16H,7,12-15H2,(H,21,23). The maximum absolute atomic E-state index is 12.1. The maximum atomic E-state index is 12.1. The van der Waals surface area contributed by atoms with E-state index >= 15 is 0 Å². The molecule has 0 radical (unpaired) electrons. The molecule has 0 aromatic heterocycles. The van der Waals surface area contributed by atoms with Gasteiger partial charge in [-0.05, 0) is 30.7 Å². The molecule has 130 valence electrons. The molecule has 5 nitrogen and oxygen atoms in total. The van der Waals surface area contributed by atoms with Crippen LogP contribution in [0.3, 0.4) is 0 Å². The van der Waals surface area contributed by atoms with E-state index in [-0.39, 0.29) is 17.9 Å². The number of benzene rings is 2. The van der Waals surface area contributed by atoms with Gasteiger partial charge in [-0.15, -0.1) is 0 Å². The topological polar surface area (TPSA) is 58.6 Å². The molecule has 25 heavy (non-hydrogen) atoms. The first-order chi connectivity index (χ1) is 12.2. The quantitative estimate of drug-likeness (QED) is 0.790. The summed E-state index contributed by atoms with van der Waals surface area (Å²) in [5, 5.41) is 2.95. The van der Waals surface area contributed by atoms with Crippen molar-refractivity contribution in [1.82, 2.24) is 5.32 Å².